The topological polar surface area (TPSA) is 30.2 Å². The molecule has 0 aromatic carbocycles. The molecule has 3 nitrogen and oxygen atoms in total. The van der Waals surface area contributed by atoms with Gasteiger partial charge in [-0.2, -0.15) is 0 Å². The van der Waals surface area contributed by atoms with Gasteiger partial charge in [0, 0.05) is 12.4 Å². The van der Waals surface area contributed by atoms with Crippen LogP contribution in [-0.4, -0.2) is 14.4 Å². The standard InChI is InChI=1S/C7H4BrF2N3/c8-4-1-11-5-2-12-7(6(9)10)13(5)3-4/h1-3,6H. The molecule has 0 atom stereocenters. The molecule has 0 fully saturated rings. The summed E-state index contributed by atoms with van der Waals surface area (Å²) in [6.07, 6.45) is 1.77. The van der Waals surface area contributed by atoms with Crippen LogP contribution in [0.3, 0.4) is 0 Å². The van der Waals surface area contributed by atoms with Crippen molar-refractivity contribution in [2.24, 2.45) is 0 Å². The van der Waals surface area contributed by atoms with E-state index in [-0.39, 0.29) is 5.82 Å². The molecule has 0 N–H and O–H groups in total. The molecule has 0 radical (unpaired) electrons. The Bertz CT molecular complexity index is 440. The molecule has 0 aliphatic rings. The van der Waals surface area contributed by atoms with E-state index < -0.39 is 6.43 Å². The molecule has 68 valence electrons. The maximum Gasteiger partial charge on any atom is 0.295 e. The molecule has 2 aromatic heterocycles. The van der Waals surface area contributed by atoms with Crippen molar-refractivity contribution in [1.82, 2.24) is 14.4 Å². The SMILES string of the molecule is FC(F)c1ncc2ncc(Br)cn12. The molecule has 2 aromatic rings. The van der Waals surface area contributed by atoms with Crippen LogP contribution in [0.5, 0.6) is 0 Å². The van der Waals surface area contributed by atoms with E-state index in [4.69, 9.17) is 0 Å². The van der Waals surface area contributed by atoms with E-state index in [0.29, 0.717) is 10.1 Å². The van der Waals surface area contributed by atoms with Gasteiger partial charge in [0.15, 0.2) is 11.5 Å². The van der Waals surface area contributed by atoms with Gasteiger partial charge in [-0.15, -0.1) is 0 Å². The monoisotopic (exact) mass is 247 g/mol. The van der Waals surface area contributed by atoms with Gasteiger partial charge in [-0.25, -0.2) is 18.7 Å². The van der Waals surface area contributed by atoms with Gasteiger partial charge in [0.1, 0.15) is 0 Å². The second kappa shape index (κ2) is 3.02. The van der Waals surface area contributed by atoms with E-state index in [1.807, 2.05) is 0 Å². The first-order chi connectivity index (χ1) is 6.18. The molecule has 0 unspecified atom stereocenters. The summed E-state index contributed by atoms with van der Waals surface area (Å²) in [7, 11) is 0. The number of rotatable bonds is 1. The summed E-state index contributed by atoms with van der Waals surface area (Å²) in [5.74, 6) is -0.288. The lowest BCUT2D eigenvalue weighted by atomic mass is 10.6. The first-order valence-electron chi connectivity index (χ1n) is 3.45. The fraction of sp³-hybridized carbons (Fsp3) is 0.143. The molecule has 0 saturated carbocycles. The Kier molecular flexibility index (Phi) is 1.99. The van der Waals surface area contributed by atoms with E-state index in [2.05, 4.69) is 25.9 Å². The van der Waals surface area contributed by atoms with Gasteiger partial charge in [-0.05, 0) is 15.9 Å². The maximum atomic E-state index is 12.3. The first kappa shape index (κ1) is 8.55. The third-order valence-corrected chi connectivity index (χ3v) is 1.98. The molecule has 0 amide bonds. The second-order valence-electron chi connectivity index (χ2n) is 2.42. The highest BCUT2D eigenvalue weighted by Crippen LogP contribution is 2.19. The van der Waals surface area contributed by atoms with Gasteiger partial charge >= 0.3 is 0 Å². The Hall–Kier alpha value is -1.04. The number of hydrogen-bond acceptors (Lipinski definition) is 2. The van der Waals surface area contributed by atoms with Crippen molar-refractivity contribution >= 4 is 21.6 Å². The van der Waals surface area contributed by atoms with Crippen LogP contribution in [0.25, 0.3) is 5.65 Å². The molecule has 2 rings (SSSR count). The summed E-state index contributed by atoms with van der Waals surface area (Å²) in [6, 6.07) is 0. The summed E-state index contributed by atoms with van der Waals surface area (Å²) >= 11 is 3.14. The number of hydrogen-bond donors (Lipinski definition) is 0. The van der Waals surface area contributed by atoms with Crippen LogP contribution in [0, 0.1) is 0 Å². The van der Waals surface area contributed by atoms with Crippen molar-refractivity contribution in [3.63, 3.8) is 0 Å². The van der Waals surface area contributed by atoms with Crippen molar-refractivity contribution in [2.45, 2.75) is 6.43 Å². The highest BCUT2D eigenvalue weighted by molar-refractivity contribution is 9.10. The molecule has 0 saturated heterocycles. The molecule has 6 heteroatoms. The Morgan fingerprint density at radius 3 is 2.77 bits per heavy atom. The molecular weight excluding hydrogens is 244 g/mol. The minimum atomic E-state index is -2.58. The van der Waals surface area contributed by atoms with Crippen LogP contribution >= 0.6 is 15.9 Å². The number of alkyl halides is 2. The van der Waals surface area contributed by atoms with E-state index >= 15 is 0 Å². The third-order valence-electron chi connectivity index (χ3n) is 1.57. The van der Waals surface area contributed by atoms with Crippen molar-refractivity contribution in [3.05, 3.63) is 28.9 Å². The molecular formula is C7H4BrF2N3. The highest BCUT2D eigenvalue weighted by atomic mass is 79.9. The van der Waals surface area contributed by atoms with Crippen LogP contribution in [-0.2, 0) is 0 Å². The summed E-state index contributed by atoms with van der Waals surface area (Å²) < 4.78 is 26.6. The number of nitrogens with zero attached hydrogens (tertiary/aromatic N) is 3. The lowest BCUT2D eigenvalue weighted by Gasteiger charge is -1.98. The number of halogens is 3. The van der Waals surface area contributed by atoms with Crippen LogP contribution < -0.4 is 0 Å². The smallest absolute Gasteiger partial charge is 0.282 e. The average molecular weight is 248 g/mol. The predicted octanol–water partition coefficient (Wildman–Crippen LogP) is 2.43. The Morgan fingerprint density at radius 2 is 2.08 bits per heavy atom. The summed E-state index contributed by atoms with van der Waals surface area (Å²) in [5.41, 5.74) is 0.415. The van der Waals surface area contributed by atoms with Gasteiger partial charge in [-0.3, -0.25) is 4.40 Å². The minimum Gasteiger partial charge on any atom is -0.282 e. The third kappa shape index (κ3) is 1.41. The Balaban J connectivity index is 2.71. The lowest BCUT2D eigenvalue weighted by Crippen LogP contribution is -1.95. The molecule has 0 bridgehead atoms. The van der Waals surface area contributed by atoms with Gasteiger partial charge < -0.3 is 0 Å². The van der Waals surface area contributed by atoms with Crippen molar-refractivity contribution in [2.75, 3.05) is 0 Å². The van der Waals surface area contributed by atoms with E-state index in [1.54, 1.807) is 0 Å². The fourth-order valence-corrected chi connectivity index (χ4v) is 1.35. The number of fused-ring (bicyclic) bond motifs is 1. The fourth-order valence-electron chi connectivity index (χ4n) is 1.04. The van der Waals surface area contributed by atoms with Crippen LogP contribution in [0.1, 0.15) is 12.2 Å². The van der Waals surface area contributed by atoms with Crippen molar-refractivity contribution in [3.8, 4) is 0 Å². The molecule has 0 aliphatic carbocycles. The van der Waals surface area contributed by atoms with E-state index in [1.165, 1.54) is 23.0 Å². The lowest BCUT2D eigenvalue weighted by molar-refractivity contribution is 0.139. The van der Waals surface area contributed by atoms with E-state index in [0.717, 1.165) is 0 Å². The zero-order chi connectivity index (χ0) is 9.42. The average Bonchev–Trinajstić information content (AvgIpc) is 2.46. The summed E-state index contributed by atoms with van der Waals surface area (Å²) in [6.45, 7) is 0. The molecule has 13 heavy (non-hydrogen) atoms. The predicted molar refractivity (Wildman–Crippen MR) is 45.6 cm³/mol. The highest BCUT2D eigenvalue weighted by Gasteiger charge is 2.14. The second-order valence-corrected chi connectivity index (χ2v) is 3.33. The van der Waals surface area contributed by atoms with Crippen LogP contribution in [0.4, 0.5) is 8.78 Å². The molecule has 0 aliphatic heterocycles. The van der Waals surface area contributed by atoms with Gasteiger partial charge in [-0.1, -0.05) is 0 Å². The van der Waals surface area contributed by atoms with Crippen molar-refractivity contribution < 1.29 is 8.78 Å². The zero-order valence-electron chi connectivity index (χ0n) is 6.28. The maximum absolute atomic E-state index is 12.3. The number of aromatic nitrogens is 3. The zero-order valence-corrected chi connectivity index (χ0v) is 7.87. The first-order valence-corrected chi connectivity index (χ1v) is 4.24. The Morgan fingerprint density at radius 1 is 1.31 bits per heavy atom. The minimum absolute atomic E-state index is 0.288. The quantitative estimate of drug-likeness (QED) is 0.775. The van der Waals surface area contributed by atoms with Crippen LogP contribution in [0.15, 0.2) is 23.1 Å². The summed E-state index contributed by atoms with van der Waals surface area (Å²) in [4.78, 5) is 7.47. The van der Waals surface area contributed by atoms with Gasteiger partial charge in [0.2, 0.25) is 0 Å². The van der Waals surface area contributed by atoms with Crippen LogP contribution in [0.2, 0.25) is 0 Å². The molecule has 0 spiro atoms. The van der Waals surface area contributed by atoms with Gasteiger partial charge in [0.05, 0.1) is 10.7 Å². The number of imidazole rings is 1. The van der Waals surface area contributed by atoms with Gasteiger partial charge in [0.25, 0.3) is 6.43 Å². The van der Waals surface area contributed by atoms with E-state index in [9.17, 15) is 8.78 Å². The van der Waals surface area contributed by atoms with Crippen molar-refractivity contribution in [1.29, 1.82) is 0 Å². The Labute approximate surface area is 80.6 Å². The summed E-state index contributed by atoms with van der Waals surface area (Å²) in [5, 5.41) is 0. The normalized spacial score (nSPS) is 11.4. The molecule has 2 heterocycles. The largest absolute Gasteiger partial charge is 0.295 e.